The van der Waals surface area contributed by atoms with E-state index >= 15 is 0 Å². The smallest absolute Gasteiger partial charge is 0.0492 e. The lowest BCUT2D eigenvalue weighted by atomic mass is 9.90. The lowest BCUT2D eigenvalue weighted by Gasteiger charge is -2.20. The zero-order valence-corrected chi connectivity index (χ0v) is 12.8. The van der Waals surface area contributed by atoms with Crippen LogP contribution in [0.2, 0.25) is 0 Å². The Hall–Kier alpha value is -1.61. The Balaban J connectivity index is 2.08. The average Bonchev–Trinajstić information content (AvgIpc) is 2.86. The maximum absolute atomic E-state index is 4.25. The fourth-order valence-electron chi connectivity index (χ4n) is 2.70. The van der Waals surface area contributed by atoms with E-state index in [0.717, 1.165) is 25.9 Å². The molecule has 20 heavy (non-hydrogen) atoms. The largest absolute Gasteiger partial charge is 0.316 e. The van der Waals surface area contributed by atoms with Crippen LogP contribution < -0.4 is 5.32 Å². The lowest BCUT2D eigenvalue weighted by Crippen LogP contribution is -2.22. The maximum atomic E-state index is 4.25. The van der Waals surface area contributed by atoms with Crippen LogP contribution in [0.3, 0.4) is 0 Å². The van der Waals surface area contributed by atoms with Gasteiger partial charge in [-0.1, -0.05) is 31.2 Å². The number of nitrogens with zero attached hydrogens (tertiary/aromatic N) is 2. The second-order valence-electron chi connectivity index (χ2n) is 5.35. The van der Waals surface area contributed by atoms with Crippen molar-refractivity contribution in [2.45, 2.75) is 32.6 Å². The van der Waals surface area contributed by atoms with Crippen molar-refractivity contribution in [2.75, 3.05) is 13.1 Å². The van der Waals surface area contributed by atoms with E-state index in [2.05, 4.69) is 54.6 Å². The Bertz CT molecular complexity index is 531. The van der Waals surface area contributed by atoms with E-state index in [1.54, 1.807) is 0 Å². The van der Waals surface area contributed by atoms with Crippen molar-refractivity contribution in [1.82, 2.24) is 15.1 Å². The third-order valence-corrected chi connectivity index (χ3v) is 3.94. The van der Waals surface area contributed by atoms with E-state index in [9.17, 15) is 0 Å². The highest BCUT2D eigenvalue weighted by molar-refractivity contribution is 5.29. The molecule has 0 aliphatic heterocycles. The summed E-state index contributed by atoms with van der Waals surface area (Å²) in [6.07, 6.45) is 4.10. The van der Waals surface area contributed by atoms with Crippen molar-refractivity contribution in [3.05, 3.63) is 53.3 Å². The van der Waals surface area contributed by atoms with E-state index < -0.39 is 0 Å². The third-order valence-electron chi connectivity index (χ3n) is 3.94. The first kappa shape index (κ1) is 14.8. The van der Waals surface area contributed by atoms with Crippen molar-refractivity contribution in [1.29, 1.82) is 0 Å². The number of aromatic nitrogens is 2. The van der Waals surface area contributed by atoms with Crippen molar-refractivity contribution >= 4 is 0 Å². The summed E-state index contributed by atoms with van der Waals surface area (Å²) in [5.41, 5.74) is 4.16. The predicted molar refractivity (Wildman–Crippen MR) is 84.0 cm³/mol. The van der Waals surface area contributed by atoms with Gasteiger partial charge in [0.05, 0.1) is 0 Å². The quantitative estimate of drug-likeness (QED) is 0.839. The molecule has 1 unspecified atom stereocenters. The fourth-order valence-corrected chi connectivity index (χ4v) is 2.70. The maximum Gasteiger partial charge on any atom is 0.0492 e. The molecular formula is C17H25N3. The van der Waals surface area contributed by atoms with Crippen LogP contribution in [-0.4, -0.2) is 22.9 Å². The van der Waals surface area contributed by atoms with Crippen molar-refractivity contribution in [3.63, 3.8) is 0 Å². The van der Waals surface area contributed by atoms with Gasteiger partial charge in [0.2, 0.25) is 0 Å². The molecule has 0 saturated carbocycles. The molecule has 3 nitrogen and oxygen atoms in total. The molecule has 1 N–H and O–H groups in total. The minimum atomic E-state index is 0.561. The minimum absolute atomic E-state index is 0.561. The number of rotatable bonds is 7. The third kappa shape index (κ3) is 3.70. The van der Waals surface area contributed by atoms with Gasteiger partial charge in [0.15, 0.2) is 0 Å². The van der Waals surface area contributed by atoms with Gasteiger partial charge in [0, 0.05) is 25.5 Å². The molecule has 1 aromatic carbocycles. The summed E-state index contributed by atoms with van der Waals surface area (Å²) in [5.74, 6) is 0.561. The summed E-state index contributed by atoms with van der Waals surface area (Å²) < 4.78 is 1.97. The molecule has 108 valence electrons. The van der Waals surface area contributed by atoms with Gasteiger partial charge in [0.25, 0.3) is 0 Å². The number of aryl methyl sites for hydroxylation is 3. The Labute approximate surface area is 122 Å². The second kappa shape index (κ2) is 7.25. The molecule has 3 heteroatoms. The zero-order chi connectivity index (χ0) is 14.4. The van der Waals surface area contributed by atoms with Crippen LogP contribution in [0.5, 0.6) is 0 Å². The van der Waals surface area contributed by atoms with E-state index in [1.165, 1.54) is 16.8 Å². The molecule has 0 fully saturated rings. The SMILES string of the molecule is CCNCC(CCc1ccnn1C)c1ccccc1C. The summed E-state index contributed by atoms with van der Waals surface area (Å²) in [5, 5.41) is 7.74. The molecule has 0 saturated heterocycles. The van der Waals surface area contributed by atoms with Gasteiger partial charge in [-0.05, 0) is 49.4 Å². The molecule has 0 aliphatic rings. The second-order valence-corrected chi connectivity index (χ2v) is 5.35. The molecule has 0 spiro atoms. The molecule has 2 aromatic rings. The molecular weight excluding hydrogens is 246 g/mol. The van der Waals surface area contributed by atoms with Crippen LogP contribution in [0, 0.1) is 6.92 Å². The van der Waals surface area contributed by atoms with Gasteiger partial charge in [0.1, 0.15) is 0 Å². The number of hydrogen-bond acceptors (Lipinski definition) is 2. The fraction of sp³-hybridized carbons (Fsp3) is 0.471. The monoisotopic (exact) mass is 271 g/mol. The topological polar surface area (TPSA) is 29.9 Å². The van der Waals surface area contributed by atoms with Crippen molar-refractivity contribution < 1.29 is 0 Å². The molecule has 0 amide bonds. The van der Waals surface area contributed by atoms with Gasteiger partial charge in [-0.15, -0.1) is 0 Å². The Morgan fingerprint density at radius 2 is 2.05 bits per heavy atom. The van der Waals surface area contributed by atoms with E-state index in [-0.39, 0.29) is 0 Å². The number of hydrogen-bond donors (Lipinski definition) is 1. The summed E-state index contributed by atoms with van der Waals surface area (Å²) in [6, 6.07) is 10.8. The standard InChI is InChI=1S/C17H25N3/c1-4-18-13-15(17-8-6-5-7-14(17)2)9-10-16-11-12-19-20(16)3/h5-8,11-12,15,18H,4,9-10,13H2,1-3H3. The van der Waals surface area contributed by atoms with Gasteiger partial charge in [-0.25, -0.2) is 0 Å². The number of likely N-dealkylation sites (N-methyl/N-ethyl adjacent to an activating group) is 1. The van der Waals surface area contributed by atoms with E-state index in [1.807, 2.05) is 17.9 Å². The van der Waals surface area contributed by atoms with Crippen LogP contribution in [0.4, 0.5) is 0 Å². The molecule has 0 aliphatic carbocycles. The minimum Gasteiger partial charge on any atom is -0.316 e. The molecule has 2 rings (SSSR count). The van der Waals surface area contributed by atoms with Crippen LogP contribution >= 0.6 is 0 Å². The van der Waals surface area contributed by atoms with Crippen LogP contribution in [0.25, 0.3) is 0 Å². The Kier molecular flexibility index (Phi) is 5.36. The van der Waals surface area contributed by atoms with Crippen LogP contribution in [-0.2, 0) is 13.5 Å². The first-order chi connectivity index (χ1) is 9.72. The Morgan fingerprint density at radius 1 is 1.25 bits per heavy atom. The highest BCUT2D eigenvalue weighted by Crippen LogP contribution is 2.24. The normalized spacial score (nSPS) is 12.6. The summed E-state index contributed by atoms with van der Waals surface area (Å²) in [6.45, 7) is 6.43. The zero-order valence-electron chi connectivity index (χ0n) is 12.8. The summed E-state index contributed by atoms with van der Waals surface area (Å²) >= 11 is 0. The van der Waals surface area contributed by atoms with Gasteiger partial charge < -0.3 is 5.32 Å². The van der Waals surface area contributed by atoms with Crippen LogP contribution in [0.1, 0.15) is 36.1 Å². The van der Waals surface area contributed by atoms with Gasteiger partial charge >= 0.3 is 0 Å². The molecule has 1 atom stereocenters. The first-order valence-corrected chi connectivity index (χ1v) is 7.45. The van der Waals surface area contributed by atoms with E-state index in [0.29, 0.717) is 5.92 Å². The average molecular weight is 271 g/mol. The summed E-state index contributed by atoms with van der Waals surface area (Å²) in [7, 11) is 2.02. The Morgan fingerprint density at radius 3 is 2.70 bits per heavy atom. The van der Waals surface area contributed by atoms with E-state index in [4.69, 9.17) is 0 Å². The molecule has 0 bridgehead atoms. The molecule has 1 aromatic heterocycles. The highest BCUT2D eigenvalue weighted by Gasteiger charge is 2.14. The van der Waals surface area contributed by atoms with Crippen molar-refractivity contribution in [3.8, 4) is 0 Å². The van der Waals surface area contributed by atoms with Crippen LogP contribution in [0.15, 0.2) is 36.5 Å². The summed E-state index contributed by atoms with van der Waals surface area (Å²) in [4.78, 5) is 0. The first-order valence-electron chi connectivity index (χ1n) is 7.45. The number of nitrogens with one attached hydrogen (secondary N) is 1. The molecule has 1 heterocycles. The lowest BCUT2D eigenvalue weighted by molar-refractivity contribution is 0.547. The van der Waals surface area contributed by atoms with Gasteiger partial charge in [-0.3, -0.25) is 4.68 Å². The van der Waals surface area contributed by atoms with Crippen molar-refractivity contribution in [2.24, 2.45) is 7.05 Å². The highest BCUT2D eigenvalue weighted by atomic mass is 15.2. The van der Waals surface area contributed by atoms with Gasteiger partial charge in [-0.2, -0.15) is 5.10 Å². The predicted octanol–water partition coefficient (Wildman–Crippen LogP) is 3.05. The molecule has 0 radical (unpaired) electrons. The number of benzene rings is 1.